The number of carbonyl (C=O) groups is 2. The van der Waals surface area contributed by atoms with Crippen molar-refractivity contribution in [3.8, 4) is 0 Å². The Morgan fingerprint density at radius 1 is 1.78 bits per heavy atom. The van der Waals surface area contributed by atoms with E-state index >= 15 is 0 Å². The molecule has 0 fully saturated rings. The van der Waals surface area contributed by atoms with Crippen molar-refractivity contribution >= 4 is 20.8 Å². The zero-order valence-electron chi connectivity index (χ0n) is 5.31. The van der Waals surface area contributed by atoms with E-state index in [2.05, 4.69) is 5.32 Å². The lowest BCUT2D eigenvalue weighted by molar-refractivity contribution is -0.120. The van der Waals surface area contributed by atoms with Crippen LogP contribution in [0.15, 0.2) is 0 Å². The van der Waals surface area contributed by atoms with Crippen LogP contribution >= 0.6 is 8.58 Å². The molecule has 0 heterocycles. The Hall–Kier alpha value is -0.430. The van der Waals surface area contributed by atoms with Crippen LogP contribution in [0.25, 0.3) is 0 Å². The molecule has 0 aromatic rings. The summed E-state index contributed by atoms with van der Waals surface area (Å²) in [4.78, 5) is 20.2. The summed E-state index contributed by atoms with van der Waals surface area (Å²) in [6, 6.07) is 0. The molecule has 0 aromatic carbocycles. The summed E-state index contributed by atoms with van der Waals surface area (Å²) >= 11 is 0. The molecule has 0 radical (unpaired) electrons. The molecule has 0 aliphatic heterocycles. The molecule has 0 saturated heterocycles. The zero-order valence-corrected chi connectivity index (χ0v) is 6.31. The predicted octanol–water partition coefficient (Wildman–Crippen LogP) is -0.390. The summed E-state index contributed by atoms with van der Waals surface area (Å²) in [5, 5.41) is 2.43. The van der Waals surface area contributed by atoms with Crippen LogP contribution in [0.5, 0.6) is 0 Å². The number of hydrogen-bond acceptors (Lipinski definition) is 2. The van der Waals surface area contributed by atoms with Gasteiger partial charge in [-0.2, -0.15) is 0 Å². The molecule has 52 valence electrons. The first kappa shape index (κ1) is 8.57. The van der Waals surface area contributed by atoms with Gasteiger partial charge in [-0.15, -0.1) is 8.58 Å². The molecule has 0 saturated carbocycles. The van der Waals surface area contributed by atoms with Crippen LogP contribution in [0.1, 0.15) is 0 Å². The maximum Gasteiger partial charge on any atom is 0.224 e. The lowest BCUT2D eigenvalue weighted by Gasteiger charge is -1.96. The first-order valence-corrected chi connectivity index (χ1v) is 4.37. The summed E-state index contributed by atoms with van der Waals surface area (Å²) in [5.74, 6) is -0.0390. The van der Waals surface area contributed by atoms with Gasteiger partial charge in [-0.1, -0.05) is 0 Å². The molecule has 4 heteroatoms. The first-order chi connectivity index (χ1) is 4.31. The largest absolute Gasteiger partial charge is 0.349 e. The molecule has 0 aliphatic rings. The molecule has 3 nitrogen and oxygen atoms in total. The Bertz CT molecular complexity index is 105. The first-order valence-electron chi connectivity index (χ1n) is 2.66. The van der Waals surface area contributed by atoms with E-state index in [0.29, 0.717) is 21.0 Å². The minimum atomic E-state index is -0.0390. The molecule has 1 N–H and O–H groups in total. The van der Waals surface area contributed by atoms with Crippen molar-refractivity contribution in [2.75, 3.05) is 19.4 Å². The van der Waals surface area contributed by atoms with Gasteiger partial charge in [0.25, 0.3) is 0 Å². The second-order valence-corrected chi connectivity index (χ2v) is 2.56. The quantitative estimate of drug-likeness (QED) is 0.434. The SMILES string of the molecule is CPCC(=O)NCC=O. The summed E-state index contributed by atoms with van der Waals surface area (Å²) in [6.07, 6.45) is 1.21. The predicted molar refractivity (Wildman–Crippen MR) is 38.2 cm³/mol. The normalized spacial score (nSPS) is 9.89. The topological polar surface area (TPSA) is 46.2 Å². The van der Waals surface area contributed by atoms with E-state index in [0.717, 1.165) is 0 Å². The highest BCUT2D eigenvalue weighted by atomic mass is 31.1. The molecule has 0 rings (SSSR count). The molecule has 0 aromatic heterocycles. The van der Waals surface area contributed by atoms with E-state index < -0.39 is 0 Å². The highest BCUT2D eigenvalue weighted by Gasteiger charge is 1.94. The molecule has 9 heavy (non-hydrogen) atoms. The van der Waals surface area contributed by atoms with Crippen molar-refractivity contribution < 1.29 is 9.59 Å². The molecular formula is C5H10NO2P. The van der Waals surface area contributed by atoms with Gasteiger partial charge in [0.2, 0.25) is 5.91 Å². The second kappa shape index (κ2) is 5.70. The number of amides is 1. The Kier molecular flexibility index (Phi) is 5.43. The number of aldehydes is 1. The van der Waals surface area contributed by atoms with E-state index in [-0.39, 0.29) is 12.5 Å². The summed E-state index contributed by atoms with van der Waals surface area (Å²) < 4.78 is 0. The third-order valence-electron chi connectivity index (χ3n) is 0.720. The van der Waals surface area contributed by atoms with E-state index in [1.165, 1.54) is 0 Å². The number of carbonyl (C=O) groups excluding carboxylic acids is 2. The van der Waals surface area contributed by atoms with E-state index in [4.69, 9.17) is 0 Å². The molecule has 1 atom stereocenters. The lowest BCUT2D eigenvalue weighted by atomic mass is 10.6. The van der Waals surface area contributed by atoms with Crippen LogP contribution in [0.2, 0.25) is 0 Å². The van der Waals surface area contributed by atoms with Crippen LogP contribution in [0.3, 0.4) is 0 Å². The molecule has 0 aliphatic carbocycles. The van der Waals surface area contributed by atoms with Crippen LogP contribution < -0.4 is 5.32 Å². The van der Waals surface area contributed by atoms with Gasteiger partial charge in [0.05, 0.1) is 6.54 Å². The maximum atomic E-state index is 10.5. The minimum Gasteiger partial charge on any atom is -0.349 e. The Morgan fingerprint density at radius 3 is 2.89 bits per heavy atom. The van der Waals surface area contributed by atoms with Gasteiger partial charge in [0.15, 0.2) is 0 Å². The Balaban J connectivity index is 3.16. The molecule has 0 bridgehead atoms. The van der Waals surface area contributed by atoms with Crippen molar-refractivity contribution in [2.45, 2.75) is 0 Å². The Morgan fingerprint density at radius 2 is 2.44 bits per heavy atom. The molecule has 1 unspecified atom stereocenters. The van der Waals surface area contributed by atoms with Gasteiger partial charge in [-0.25, -0.2) is 0 Å². The van der Waals surface area contributed by atoms with Crippen molar-refractivity contribution in [2.24, 2.45) is 0 Å². The van der Waals surface area contributed by atoms with Crippen LogP contribution in [-0.2, 0) is 9.59 Å². The Labute approximate surface area is 56.0 Å². The van der Waals surface area contributed by atoms with Crippen LogP contribution in [-0.4, -0.2) is 31.6 Å². The summed E-state index contributed by atoms with van der Waals surface area (Å²) in [5.41, 5.74) is 0. The van der Waals surface area contributed by atoms with Crippen LogP contribution in [0.4, 0.5) is 0 Å². The number of rotatable bonds is 4. The molecule has 1 amide bonds. The average molecular weight is 147 g/mol. The standard InChI is InChI=1S/C5H10NO2P/c1-9-4-5(8)6-2-3-7/h3,9H,2,4H2,1H3,(H,6,8). The van der Waals surface area contributed by atoms with Crippen molar-refractivity contribution in [1.82, 2.24) is 5.32 Å². The fourth-order valence-corrected chi connectivity index (χ4v) is 0.825. The minimum absolute atomic E-state index is 0.0390. The summed E-state index contributed by atoms with van der Waals surface area (Å²) in [7, 11) is 0.621. The van der Waals surface area contributed by atoms with Gasteiger partial charge in [0, 0.05) is 6.16 Å². The highest BCUT2D eigenvalue weighted by molar-refractivity contribution is 7.38. The third-order valence-corrected chi connectivity index (χ3v) is 1.39. The van der Waals surface area contributed by atoms with Crippen LogP contribution in [0, 0.1) is 0 Å². The van der Waals surface area contributed by atoms with Crippen molar-refractivity contribution in [3.05, 3.63) is 0 Å². The monoisotopic (exact) mass is 147 g/mol. The van der Waals surface area contributed by atoms with E-state index in [1.807, 2.05) is 6.66 Å². The lowest BCUT2D eigenvalue weighted by Crippen LogP contribution is -2.26. The fraction of sp³-hybridized carbons (Fsp3) is 0.600. The van der Waals surface area contributed by atoms with E-state index in [9.17, 15) is 9.59 Å². The second-order valence-electron chi connectivity index (χ2n) is 1.50. The van der Waals surface area contributed by atoms with Gasteiger partial charge in [0.1, 0.15) is 6.29 Å². The zero-order chi connectivity index (χ0) is 7.11. The fourth-order valence-electron chi connectivity index (χ4n) is 0.379. The molecule has 0 spiro atoms. The van der Waals surface area contributed by atoms with Gasteiger partial charge in [-0.3, -0.25) is 4.79 Å². The smallest absolute Gasteiger partial charge is 0.224 e. The maximum absolute atomic E-state index is 10.5. The van der Waals surface area contributed by atoms with Gasteiger partial charge in [-0.05, 0) is 6.66 Å². The highest BCUT2D eigenvalue weighted by Crippen LogP contribution is 1.98. The van der Waals surface area contributed by atoms with Crippen molar-refractivity contribution in [3.63, 3.8) is 0 Å². The summed E-state index contributed by atoms with van der Waals surface area (Å²) in [6.45, 7) is 2.09. The van der Waals surface area contributed by atoms with Gasteiger partial charge < -0.3 is 10.1 Å². The number of hydrogen-bond donors (Lipinski definition) is 1. The van der Waals surface area contributed by atoms with Gasteiger partial charge >= 0.3 is 0 Å². The average Bonchev–Trinajstić information content (AvgIpc) is 1.85. The number of nitrogens with one attached hydrogen (secondary N) is 1. The van der Waals surface area contributed by atoms with E-state index in [1.54, 1.807) is 0 Å². The van der Waals surface area contributed by atoms with Crippen molar-refractivity contribution in [1.29, 1.82) is 0 Å². The third kappa shape index (κ3) is 5.44. The molecular weight excluding hydrogens is 137 g/mol.